The molecule has 0 amide bonds. The second-order valence-corrected chi connectivity index (χ2v) is 4.22. The normalized spacial score (nSPS) is 10.5. The average molecular weight is 230 g/mol. The third-order valence-electron chi connectivity index (χ3n) is 2.51. The first kappa shape index (κ1) is 11.6. The van der Waals surface area contributed by atoms with E-state index in [9.17, 15) is 0 Å². The van der Waals surface area contributed by atoms with Gasteiger partial charge in [-0.05, 0) is 25.0 Å². The summed E-state index contributed by atoms with van der Waals surface area (Å²) in [5.74, 6) is 0. The Morgan fingerprint density at radius 2 is 2.18 bits per heavy atom. The van der Waals surface area contributed by atoms with Crippen LogP contribution in [0.1, 0.15) is 24.5 Å². The van der Waals surface area contributed by atoms with Gasteiger partial charge in [0.15, 0.2) is 0 Å². The van der Waals surface area contributed by atoms with Gasteiger partial charge in [0.2, 0.25) is 0 Å². The number of nitrogens with one attached hydrogen (secondary N) is 1. The highest BCUT2D eigenvalue weighted by molar-refractivity contribution is 5.42. The van der Waals surface area contributed by atoms with Gasteiger partial charge in [0, 0.05) is 37.2 Å². The summed E-state index contributed by atoms with van der Waals surface area (Å²) >= 11 is 0. The molecule has 4 heteroatoms. The zero-order chi connectivity index (χ0) is 12.1. The molecule has 0 atom stereocenters. The number of nitrogens with zero attached hydrogens (tertiary/aromatic N) is 3. The Morgan fingerprint density at radius 3 is 2.94 bits per heavy atom. The highest BCUT2D eigenvalue weighted by Crippen LogP contribution is 2.09. The van der Waals surface area contributed by atoms with Gasteiger partial charge in [-0.3, -0.25) is 9.67 Å². The monoisotopic (exact) mass is 230 g/mol. The van der Waals surface area contributed by atoms with Crippen LogP contribution in [-0.4, -0.2) is 14.8 Å². The molecule has 0 saturated carbocycles. The lowest BCUT2D eigenvalue weighted by molar-refractivity contribution is 0.602. The van der Waals surface area contributed by atoms with Gasteiger partial charge in [0.05, 0.1) is 11.9 Å². The molecular weight excluding hydrogens is 212 g/mol. The second kappa shape index (κ2) is 5.48. The largest absolute Gasteiger partial charge is 0.380 e. The van der Waals surface area contributed by atoms with Crippen LogP contribution in [0.2, 0.25) is 0 Å². The van der Waals surface area contributed by atoms with Crippen LogP contribution in [0.5, 0.6) is 0 Å². The van der Waals surface area contributed by atoms with Crippen molar-refractivity contribution in [2.24, 2.45) is 0 Å². The molecule has 0 fully saturated rings. The number of rotatable bonds is 5. The van der Waals surface area contributed by atoms with Crippen molar-refractivity contribution in [3.8, 4) is 0 Å². The summed E-state index contributed by atoms with van der Waals surface area (Å²) < 4.78 is 1.98. The fourth-order valence-electron chi connectivity index (χ4n) is 1.70. The predicted molar refractivity (Wildman–Crippen MR) is 68.8 cm³/mol. The molecule has 17 heavy (non-hydrogen) atoms. The van der Waals surface area contributed by atoms with E-state index in [0.717, 1.165) is 30.8 Å². The SMILES string of the molecule is CCCn1cc(CNc2cncc(C)c2)cn1. The second-order valence-electron chi connectivity index (χ2n) is 4.22. The molecule has 1 N–H and O–H groups in total. The van der Waals surface area contributed by atoms with Crippen LogP contribution in [0.15, 0.2) is 30.9 Å². The zero-order valence-electron chi connectivity index (χ0n) is 10.3. The van der Waals surface area contributed by atoms with E-state index in [0.29, 0.717) is 0 Å². The topological polar surface area (TPSA) is 42.7 Å². The van der Waals surface area contributed by atoms with Gasteiger partial charge in [0.1, 0.15) is 0 Å². The Labute approximate surface area is 102 Å². The third kappa shape index (κ3) is 3.31. The quantitative estimate of drug-likeness (QED) is 0.858. The van der Waals surface area contributed by atoms with Gasteiger partial charge in [0.25, 0.3) is 0 Å². The summed E-state index contributed by atoms with van der Waals surface area (Å²) in [6, 6.07) is 2.09. The first-order valence-corrected chi connectivity index (χ1v) is 5.95. The summed E-state index contributed by atoms with van der Waals surface area (Å²) in [6.07, 6.45) is 8.79. The third-order valence-corrected chi connectivity index (χ3v) is 2.51. The Kier molecular flexibility index (Phi) is 3.75. The number of aryl methyl sites for hydroxylation is 2. The molecule has 0 bridgehead atoms. The van der Waals surface area contributed by atoms with Crippen LogP contribution in [0, 0.1) is 6.92 Å². The molecule has 90 valence electrons. The summed E-state index contributed by atoms with van der Waals surface area (Å²) in [5, 5.41) is 7.64. The molecule has 0 saturated heterocycles. The van der Waals surface area contributed by atoms with Crippen LogP contribution >= 0.6 is 0 Å². The van der Waals surface area contributed by atoms with Crippen molar-refractivity contribution in [1.82, 2.24) is 14.8 Å². The smallest absolute Gasteiger partial charge is 0.0539 e. The fraction of sp³-hybridized carbons (Fsp3) is 0.385. The summed E-state index contributed by atoms with van der Waals surface area (Å²) in [4.78, 5) is 4.15. The number of anilines is 1. The Bertz CT molecular complexity index is 476. The van der Waals surface area contributed by atoms with Crippen LogP contribution in [-0.2, 0) is 13.1 Å². The maximum atomic E-state index is 4.30. The van der Waals surface area contributed by atoms with E-state index in [1.165, 1.54) is 5.56 Å². The lowest BCUT2D eigenvalue weighted by atomic mass is 10.3. The molecule has 0 spiro atoms. The van der Waals surface area contributed by atoms with Crippen LogP contribution in [0.25, 0.3) is 0 Å². The van der Waals surface area contributed by atoms with Crippen molar-refractivity contribution in [2.75, 3.05) is 5.32 Å². The maximum absolute atomic E-state index is 4.30. The van der Waals surface area contributed by atoms with Gasteiger partial charge in [-0.1, -0.05) is 6.92 Å². The minimum absolute atomic E-state index is 0.787. The molecule has 4 nitrogen and oxygen atoms in total. The van der Waals surface area contributed by atoms with E-state index in [1.54, 1.807) is 0 Å². The molecule has 2 aromatic rings. The highest BCUT2D eigenvalue weighted by Gasteiger charge is 1.98. The number of hydrogen-bond acceptors (Lipinski definition) is 3. The molecule has 0 radical (unpaired) electrons. The first-order chi connectivity index (χ1) is 8.28. The van der Waals surface area contributed by atoms with E-state index in [-0.39, 0.29) is 0 Å². The van der Waals surface area contributed by atoms with E-state index in [2.05, 4.69) is 34.6 Å². The molecule has 2 aromatic heterocycles. The zero-order valence-corrected chi connectivity index (χ0v) is 10.3. The van der Waals surface area contributed by atoms with Gasteiger partial charge in [-0.2, -0.15) is 5.10 Å². The van der Waals surface area contributed by atoms with Crippen molar-refractivity contribution in [3.05, 3.63) is 42.0 Å². The van der Waals surface area contributed by atoms with Crippen molar-refractivity contribution in [2.45, 2.75) is 33.4 Å². The molecule has 0 aliphatic heterocycles. The fourth-order valence-corrected chi connectivity index (χ4v) is 1.70. The molecule has 2 rings (SSSR count). The molecule has 0 unspecified atom stereocenters. The van der Waals surface area contributed by atoms with E-state index >= 15 is 0 Å². The molecular formula is C13H18N4. The van der Waals surface area contributed by atoms with Gasteiger partial charge >= 0.3 is 0 Å². The summed E-state index contributed by atoms with van der Waals surface area (Å²) in [7, 11) is 0. The Balaban J connectivity index is 1.93. The minimum Gasteiger partial charge on any atom is -0.380 e. The average Bonchev–Trinajstić information content (AvgIpc) is 2.75. The first-order valence-electron chi connectivity index (χ1n) is 5.95. The number of aromatic nitrogens is 3. The standard InChI is InChI=1S/C13H18N4/c1-3-4-17-10-12(8-16-17)7-15-13-5-11(2)6-14-9-13/h5-6,8-10,15H,3-4,7H2,1-2H3. The molecule has 2 heterocycles. The summed E-state index contributed by atoms with van der Waals surface area (Å²) in [5.41, 5.74) is 3.41. The molecule has 0 aliphatic rings. The lowest BCUT2D eigenvalue weighted by Gasteiger charge is -2.04. The van der Waals surface area contributed by atoms with Crippen molar-refractivity contribution >= 4 is 5.69 Å². The number of pyridine rings is 1. The minimum atomic E-state index is 0.787. The summed E-state index contributed by atoms with van der Waals surface area (Å²) in [6.45, 7) is 5.95. The number of hydrogen-bond donors (Lipinski definition) is 1. The van der Waals surface area contributed by atoms with Crippen LogP contribution in [0.3, 0.4) is 0 Å². The van der Waals surface area contributed by atoms with E-state index in [4.69, 9.17) is 0 Å². The Hall–Kier alpha value is -1.84. The van der Waals surface area contributed by atoms with Gasteiger partial charge in [-0.15, -0.1) is 0 Å². The van der Waals surface area contributed by atoms with Crippen LogP contribution in [0.4, 0.5) is 5.69 Å². The molecule has 0 aromatic carbocycles. The van der Waals surface area contributed by atoms with Crippen LogP contribution < -0.4 is 5.32 Å². The van der Waals surface area contributed by atoms with Crippen molar-refractivity contribution < 1.29 is 0 Å². The Morgan fingerprint density at radius 1 is 1.29 bits per heavy atom. The van der Waals surface area contributed by atoms with Gasteiger partial charge < -0.3 is 5.32 Å². The maximum Gasteiger partial charge on any atom is 0.0539 e. The predicted octanol–water partition coefficient (Wildman–Crippen LogP) is 2.61. The molecule has 0 aliphatic carbocycles. The van der Waals surface area contributed by atoms with E-state index < -0.39 is 0 Å². The van der Waals surface area contributed by atoms with Crippen molar-refractivity contribution in [3.63, 3.8) is 0 Å². The van der Waals surface area contributed by atoms with E-state index in [1.807, 2.05) is 30.2 Å². The van der Waals surface area contributed by atoms with Gasteiger partial charge in [-0.25, -0.2) is 0 Å². The van der Waals surface area contributed by atoms with Crippen molar-refractivity contribution in [1.29, 1.82) is 0 Å². The lowest BCUT2D eigenvalue weighted by Crippen LogP contribution is -1.99. The highest BCUT2D eigenvalue weighted by atomic mass is 15.3.